The first-order chi connectivity index (χ1) is 11.5. The number of carbonyl (C=O) groups excluding carboxylic acids is 2. The molecule has 1 aliphatic heterocycles. The summed E-state index contributed by atoms with van der Waals surface area (Å²) in [4.78, 5) is 29.0. The van der Waals surface area contributed by atoms with E-state index in [0.29, 0.717) is 32.5 Å². The summed E-state index contributed by atoms with van der Waals surface area (Å²) in [6.45, 7) is 5.71. The Balaban J connectivity index is 2.35. The van der Waals surface area contributed by atoms with Crippen molar-refractivity contribution in [3.8, 4) is 0 Å². The van der Waals surface area contributed by atoms with Gasteiger partial charge in [-0.15, -0.1) is 0 Å². The monoisotopic (exact) mass is 332 g/mol. The van der Waals surface area contributed by atoms with Gasteiger partial charge in [-0.25, -0.2) is 0 Å². The van der Waals surface area contributed by atoms with Crippen LogP contribution in [0.25, 0.3) is 0 Å². The van der Waals surface area contributed by atoms with Gasteiger partial charge < -0.3 is 14.5 Å². The van der Waals surface area contributed by atoms with Crippen LogP contribution in [0.5, 0.6) is 0 Å². The van der Waals surface area contributed by atoms with Crippen molar-refractivity contribution in [3.05, 3.63) is 35.4 Å². The molecule has 0 bridgehead atoms. The third kappa shape index (κ3) is 3.78. The summed E-state index contributed by atoms with van der Waals surface area (Å²) < 4.78 is 5.08. The normalized spacial score (nSPS) is 21.0. The highest BCUT2D eigenvalue weighted by Gasteiger charge is 2.41. The van der Waals surface area contributed by atoms with Gasteiger partial charge in [0.1, 0.15) is 0 Å². The fourth-order valence-electron chi connectivity index (χ4n) is 3.51. The van der Waals surface area contributed by atoms with Gasteiger partial charge in [0, 0.05) is 33.7 Å². The molecular weight excluding hydrogens is 304 g/mol. The molecule has 1 aromatic carbocycles. The van der Waals surface area contributed by atoms with Crippen LogP contribution in [0.2, 0.25) is 0 Å². The van der Waals surface area contributed by atoms with Gasteiger partial charge in [-0.1, -0.05) is 24.3 Å². The number of methoxy groups -OCH3 is 1. The molecule has 0 aromatic heterocycles. The highest BCUT2D eigenvalue weighted by atomic mass is 16.5. The van der Waals surface area contributed by atoms with Gasteiger partial charge in [-0.2, -0.15) is 0 Å². The van der Waals surface area contributed by atoms with Crippen LogP contribution in [-0.4, -0.2) is 55.5 Å². The largest absolute Gasteiger partial charge is 0.383 e. The Labute approximate surface area is 144 Å². The summed E-state index contributed by atoms with van der Waals surface area (Å²) in [6.07, 6.45) is 1.04. The molecule has 1 fully saturated rings. The first-order valence-electron chi connectivity index (χ1n) is 8.60. The Morgan fingerprint density at radius 1 is 1.38 bits per heavy atom. The van der Waals surface area contributed by atoms with Crippen molar-refractivity contribution < 1.29 is 14.3 Å². The number of aryl methyl sites for hydroxylation is 1. The lowest BCUT2D eigenvalue weighted by atomic mass is 9.82. The first-order valence-corrected chi connectivity index (χ1v) is 8.60. The van der Waals surface area contributed by atoms with Crippen LogP contribution in [0, 0.1) is 12.8 Å². The molecule has 24 heavy (non-hydrogen) atoms. The van der Waals surface area contributed by atoms with E-state index in [0.717, 1.165) is 11.1 Å². The second-order valence-electron chi connectivity index (χ2n) is 6.38. The number of rotatable bonds is 6. The third-order valence-corrected chi connectivity index (χ3v) is 4.88. The minimum atomic E-state index is -0.203. The summed E-state index contributed by atoms with van der Waals surface area (Å²) in [6, 6.07) is 7.86. The van der Waals surface area contributed by atoms with Crippen LogP contribution < -0.4 is 0 Å². The molecule has 2 amide bonds. The zero-order valence-electron chi connectivity index (χ0n) is 15.1. The Bertz CT molecular complexity index is 588. The predicted molar refractivity (Wildman–Crippen MR) is 93.5 cm³/mol. The van der Waals surface area contributed by atoms with Crippen molar-refractivity contribution in [2.45, 2.75) is 32.7 Å². The summed E-state index contributed by atoms with van der Waals surface area (Å²) in [7, 11) is 3.44. The molecule has 0 radical (unpaired) electrons. The Hall–Kier alpha value is -1.88. The molecule has 0 spiro atoms. The average Bonchev–Trinajstić information content (AvgIpc) is 2.59. The van der Waals surface area contributed by atoms with Gasteiger partial charge in [-0.3, -0.25) is 9.59 Å². The predicted octanol–water partition coefficient (Wildman–Crippen LogP) is 2.40. The molecule has 1 aliphatic rings. The molecule has 0 unspecified atom stereocenters. The van der Waals surface area contributed by atoms with Gasteiger partial charge in [0.05, 0.1) is 18.6 Å². The molecule has 2 atom stereocenters. The standard InChI is InChI=1S/C19H28N2O3/c1-5-21-17(22)11-10-16(19(23)20(3)12-13-24-4)18(21)15-9-7-6-8-14(15)2/h6-9,16,18H,5,10-13H2,1-4H3/t16-,18+/m1/s1. The first kappa shape index (κ1) is 18.5. The van der Waals surface area contributed by atoms with Gasteiger partial charge in [0.15, 0.2) is 0 Å². The number of hydrogen-bond acceptors (Lipinski definition) is 3. The molecule has 2 rings (SSSR count). The lowest BCUT2D eigenvalue weighted by Gasteiger charge is -2.42. The number of nitrogens with zero attached hydrogens (tertiary/aromatic N) is 2. The number of carbonyl (C=O) groups is 2. The van der Waals surface area contributed by atoms with Crippen LogP contribution in [0.4, 0.5) is 0 Å². The Morgan fingerprint density at radius 3 is 2.71 bits per heavy atom. The third-order valence-electron chi connectivity index (χ3n) is 4.88. The van der Waals surface area contributed by atoms with Gasteiger partial charge >= 0.3 is 0 Å². The average molecular weight is 332 g/mol. The van der Waals surface area contributed by atoms with E-state index in [4.69, 9.17) is 4.74 Å². The number of piperidine rings is 1. The minimum Gasteiger partial charge on any atom is -0.383 e. The number of ether oxygens (including phenoxy) is 1. The molecule has 0 saturated carbocycles. The number of likely N-dealkylation sites (N-methyl/N-ethyl adjacent to an activating group) is 1. The van der Waals surface area contributed by atoms with E-state index < -0.39 is 0 Å². The number of likely N-dealkylation sites (tertiary alicyclic amines) is 1. The van der Waals surface area contributed by atoms with E-state index in [1.807, 2.05) is 50.1 Å². The van der Waals surface area contributed by atoms with Crippen LogP contribution in [0.1, 0.15) is 36.9 Å². The van der Waals surface area contributed by atoms with E-state index in [1.165, 1.54) is 0 Å². The van der Waals surface area contributed by atoms with Crippen LogP contribution in [0.3, 0.4) is 0 Å². The van der Waals surface area contributed by atoms with E-state index in [1.54, 1.807) is 12.0 Å². The SMILES string of the molecule is CCN1C(=O)CC[C@@H](C(=O)N(C)CCOC)[C@@H]1c1ccccc1C. The summed E-state index contributed by atoms with van der Waals surface area (Å²) in [5.41, 5.74) is 2.19. The Morgan fingerprint density at radius 2 is 2.08 bits per heavy atom. The van der Waals surface area contributed by atoms with Crippen LogP contribution in [-0.2, 0) is 14.3 Å². The molecule has 1 saturated heterocycles. The van der Waals surface area contributed by atoms with E-state index in [-0.39, 0.29) is 23.8 Å². The molecule has 1 aromatic rings. The van der Waals surface area contributed by atoms with E-state index in [9.17, 15) is 9.59 Å². The van der Waals surface area contributed by atoms with Crippen LogP contribution in [0.15, 0.2) is 24.3 Å². The van der Waals surface area contributed by atoms with Crippen molar-refractivity contribution in [1.29, 1.82) is 0 Å². The molecule has 0 aliphatic carbocycles. The molecule has 132 valence electrons. The molecular formula is C19H28N2O3. The quantitative estimate of drug-likeness (QED) is 0.804. The van der Waals surface area contributed by atoms with Crippen molar-refractivity contribution >= 4 is 11.8 Å². The van der Waals surface area contributed by atoms with Crippen LogP contribution >= 0.6 is 0 Å². The molecule has 1 heterocycles. The van der Waals surface area contributed by atoms with Crippen molar-refractivity contribution in [2.24, 2.45) is 5.92 Å². The number of benzene rings is 1. The number of hydrogen-bond donors (Lipinski definition) is 0. The summed E-state index contributed by atoms with van der Waals surface area (Å²) in [5, 5.41) is 0. The van der Waals surface area contributed by atoms with E-state index >= 15 is 0 Å². The maximum absolute atomic E-state index is 13.0. The molecule has 5 heteroatoms. The summed E-state index contributed by atoms with van der Waals surface area (Å²) >= 11 is 0. The Kier molecular flexibility index (Phi) is 6.37. The summed E-state index contributed by atoms with van der Waals surface area (Å²) in [5.74, 6) is 0.0196. The fourth-order valence-corrected chi connectivity index (χ4v) is 3.51. The second kappa shape index (κ2) is 8.29. The van der Waals surface area contributed by atoms with Crippen molar-refractivity contribution in [2.75, 3.05) is 33.9 Å². The highest BCUT2D eigenvalue weighted by molar-refractivity contribution is 5.85. The number of amides is 2. The second-order valence-corrected chi connectivity index (χ2v) is 6.38. The minimum absolute atomic E-state index is 0.0891. The lowest BCUT2D eigenvalue weighted by Crippen LogP contribution is -2.48. The maximum Gasteiger partial charge on any atom is 0.227 e. The van der Waals surface area contributed by atoms with Gasteiger partial charge in [-0.05, 0) is 31.4 Å². The zero-order valence-corrected chi connectivity index (χ0v) is 15.1. The maximum atomic E-state index is 13.0. The van der Waals surface area contributed by atoms with Crippen molar-refractivity contribution in [1.82, 2.24) is 9.80 Å². The fraction of sp³-hybridized carbons (Fsp3) is 0.579. The lowest BCUT2D eigenvalue weighted by molar-refractivity contribution is -0.147. The van der Waals surface area contributed by atoms with Gasteiger partial charge in [0.2, 0.25) is 11.8 Å². The van der Waals surface area contributed by atoms with Gasteiger partial charge in [0.25, 0.3) is 0 Å². The van der Waals surface area contributed by atoms with E-state index in [2.05, 4.69) is 0 Å². The smallest absolute Gasteiger partial charge is 0.227 e. The molecule has 0 N–H and O–H groups in total. The topological polar surface area (TPSA) is 49.9 Å². The zero-order chi connectivity index (χ0) is 17.7. The van der Waals surface area contributed by atoms with Crippen molar-refractivity contribution in [3.63, 3.8) is 0 Å². The molecule has 5 nitrogen and oxygen atoms in total. The highest BCUT2D eigenvalue weighted by Crippen LogP contribution is 2.38.